The smallest absolute Gasteiger partial charge is 0.119 e. The summed E-state index contributed by atoms with van der Waals surface area (Å²) < 4.78 is 5.64. The van der Waals surface area contributed by atoms with E-state index in [4.69, 9.17) is 11.2 Å². The standard InChI is InChI=1S/C15H20O/c1-5-7-8-15-12(3)10-14(11-13(15)4)16-9-6-2/h1,10-11H,6-9H2,2-4H3. The van der Waals surface area contributed by atoms with Crippen LogP contribution in [0.3, 0.4) is 0 Å². The SMILES string of the molecule is C#CCCc1c(C)cc(OCCC)cc1C. The summed E-state index contributed by atoms with van der Waals surface area (Å²) in [6.45, 7) is 7.14. The molecule has 0 heterocycles. The van der Waals surface area contributed by atoms with Crippen LogP contribution in [-0.2, 0) is 6.42 Å². The summed E-state index contributed by atoms with van der Waals surface area (Å²) in [5, 5.41) is 0. The van der Waals surface area contributed by atoms with Crippen molar-refractivity contribution >= 4 is 0 Å². The van der Waals surface area contributed by atoms with Gasteiger partial charge in [-0.15, -0.1) is 12.3 Å². The second kappa shape index (κ2) is 6.23. The van der Waals surface area contributed by atoms with Crippen molar-refractivity contribution in [1.82, 2.24) is 0 Å². The monoisotopic (exact) mass is 216 g/mol. The number of rotatable bonds is 5. The maximum Gasteiger partial charge on any atom is 0.119 e. The van der Waals surface area contributed by atoms with Crippen molar-refractivity contribution in [3.05, 3.63) is 28.8 Å². The Morgan fingerprint density at radius 2 is 1.88 bits per heavy atom. The first-order valence-electron chi connectivity index (χ1n) is 5.85. The lowest BCUT2D eigenvalue weighted by molar-refractivity contribution is 0.317. The molecule has 0 spiro atoms. The van der Waals surface area contributed by atoms with Gasteiger partial charge in [0.05, 0.1) is 6.61 Å². The van der Waals surface area contributed by atoms with Gasteiger partial charge < -0.3 is 4.74 Å². The molecule has 1 heteroatoms. The number of hydrogen-bond acceptors (Lipinski definition) is 1. The largest absolute Gasteiger partial charge is 0.494 e. The second-order valence-corrected chi connectivity index (χ2v) is 4.09. The summed E-state index contributed by atoms with van der Waals surface area (Å²) in [4.78, 5) is 0. The van der Waals surface area contributed by atoms with Crippen LogP contribution in [0.2, 0.25) is 0 Å². The lowest BCUT2D eigenvalue weighted by Crippen LogP contribution is -1.99. The number of benzene rings is 1. The molecule has 0 aliphatic rings. The molecule has 0 amide bonds. The second-order valence-electron chi connectivity index (χ2n) is 4.09. The Balaban J connectivity index is 2.85. The highest BCUT2D eigenvalue weighted by atomic mass is 16.5. The summed E-state index contributed by atoms with van der Waals surface area (Å²) in [6.07, 6.45) is 8.10. The first kappa shape index (κ1) is 12.6. The highest BCUT2D eigenvalue weighted by molar-refractivity contribution is 5.41. The molecule has 0 aromatic heterocycles. The molecule has 1 aromatic rings. The Hall–Kier alpha value is -1.42. The molecule has 0 aliphatic carbocycles. The lowest BCUT2D eigenvalue weighted by atomic mass is 9.98. The Morgan fingerprint density at radius 3 is 2.38 bits per heavy atom. The normalized spacial score (nSPS) is 9.88. The van der Waals surface area contributed by atoms with Gasteiger partial charge in [-0.1, -0.05) is 6.92 Å². The first-order valence-corrected chi connectivity index (χ1v) is 5.85. The average molecular weight is 216 g/mol. The zero-order chi connectivity index (χ0) is 12.0. The van der Waals surface area contributed by atoms with Gasteiger partial charge in [-0.05, 0) is 55.5 Å². The zero-order valence-electron chi connectivity index (χ0n) is 10.5. The van der Waals surface area contributed by atoms with Crippen molar-refractivity contribution in [2.24, 2.45) is 0 Å². The van der Waals surface area contributed by atoms with Gasteiger partial charge in [-0.25, -0.2) is 0 Å². The zero-order valence-corrected chi connectivity index (χ0v) is 10.5. The summed E-state index contributed by atoms with van der Waals surface area (Å²) in [7, 11) is 0. The van der Waals surface area contributed by atoms with Crippen LogP contribution >= 0.6 is 0 Å². The summed E-state index contributed by atoms with van der Waals surface area (Å²) in [5.41, 5.74) is 3.92. The molecule has 0 saturated carbocycles. The average Bonchev–Trinajstić information content (AvgIpc) is 2.25. The van der Waals surface area contributed by atoms with E-state index in [1.54, 1.807) is 0 Å². The maximum absolute atomic E-state index is 5.64. The molecule has 0 N–H and O–H groups in total. The van der Waals surface area contributed by atoms with Crippen LogP contribution in [0.25, 0.3) is 0 Å². The minimum atomic E-state index is 0.780. The highest BCUT2D eigenvalue weighted by Gasteiger charge is 2.05. The predicted octanol–water partition coefficient (Wildman–Crippen LogP) is 3.66. The molecule has 0 aliphatic heterocycles. The quantitative estimate of drug-likeness (QED) is 0.682. The Bertz CT molecular complexity index is 362. The van der Waals surface area contributed by atoms with E-state index < -0.39 is 0 Å². The predicted molar refractivity (Wildman–Crippen MR) is 68.9 cm³/mol. The maximum atomic E-state index is 5.64. The van der Waals surface area contributed by atoms with Crippen LogP contribution < -0.4 is 4.74 Å². The summed E-state index contributed by atoms with van der Waals surface area (Å²) in [6, 6.07) is 4.21. The van der Waals surface area contributed by atoms with E-state index in [2.05, 4.69) is 38.8 Å². The summed E-state index contributed by atoms with van der Waals surface area (Å²) >= 11 is 0. The van der Waals surface area contributed by atoms with E-state index >= 15 is 0 Å². The van der Waals surface area contributed by atoms with E-state index in [9.17, 15) is 0 Å². The Morgan fingerprint density at radius 1 is 1.25 bits per heavy atom. The van der Waals surface area contributed by atoms with E-state index in [0.717, 1.165) is 31.6 Å². The molecule has 1 nitrogen and oxygen atoms in total. The molecule has 0 bridgehead atoms. The Kier molecular flexibility index (Phi) is 4.92. The van der Waals surface area contributed by atoms with Crippen LogP contribution in [-0.4, -0.2) is 6.61 Å². The van der Waals surface area contributed by atoms with Gasteiger partial charge in [0.1, 0.15) is 5.75 Å². The topological polar surface area (TPSA) is 9.23 Å². The fraction of sp³-hybridized carbons (Fsp3) is 0.467. The molecule has 0 saturated heterocycles. The molecule has 86 valence electrons. The minimum absolute atomic E-state index is 0.780. The third kappa shape index (κ3) is 3.31. The van der Waals surface area contributed by atoms with Crippen molar-refractivity contribution in [2.75, 3.05) is 6.61 Å². The number of aryl methyl sites for hydroxylation is 2. The van der Waals surface area contributed by atoms with E-state index in [1.807, 2.05) is 0 Å². The van der Waals surface area contributed by atoms with Crippen molar-refractivity contribution in [3.8, 4) is 18.1 Å². The fourth-order valence-corrected chi connectivity index (χ4v) is 1.85. The molecule has 0 unspecified atom stereocenters. The first-order chi connectivity index (χ1) is 7.69. The molecule has 1 rings (SSSR count). The third-order valence-electron chi connectivity index (χ3n) is 2.66. The molecular formula is C15H20O. The third-order valence-corrected chi connectivity index (χ3v) is 2.66. The van der Waals surface area contributed by atoms with Gasteiger partial charge in [0.2, 0.25) is 0 Å². The van der Waals surface area contributed by atoms with Gasteiger partial charge in [0.25, 0.3) is 0 Å². The van der Waals surface area contributed by atoms with Crippen LogP contribution in [0, 0.1) is 26.2 Å². The van der Waals surface area contributed by atoms with Crippen molar-refractivity contribution in [2.45, 2.75) is 40.0 Å². The van der Waals surface area contributed by atoms with E-state index in [0.29, 0.717) is 0 Å². The number of terminal acetylenes is 1. The Labute approximate surface area is 98.8 Å². The minimum Gasteiger partial charge on any atom is -0.494 e. The van der Waals surface area contributed by atoms with Gasteiger partial charge in [0.15, 0.2) is 0 Å². The van der Waals surface area contributed by atoms with Crippen molar-refractivity contribution in [1.29, 1.82) is 0 Å². The molecule has 0 radical (unpaired) electrons. The van der Waals surface area contributed by atoms with Crippen LogP contribution in [0.15, 0.2) is 12.1 Å². The van der Waals surface area contributed by atoms with E-state index in [1.165, 1.54) is 16.7 Å². The van der Waals surface area contributed by atoms with Crippen molar-refractivity contribution in [3.63, 3.8) is 0 Å². The molecule has 1 aromatic carbocycles. The van der Waals surface area contributed by atoms with Gasteiger partial charge in [-0.2, -0.15) is 0 Å². The molecular weight excluding hydrogens is 196 g/mol. The fourth-order valence-electron chi connectivity index (χ4n) is 1.85. The van der Waals surface area contributed by atoms with Gasteiger partial charge in [0, 0.05) is 6.42 Å². The lowest BCUT2D eigenvalue weighted by Gasteiger charge is -2.12. The molecule has 0 atom stereocenters. The summed E-state index contributed by atoms with van der Waals surface area (Å²) in [5.74, 6) is 3.66. The van der Waals surface area contributed by atoms with Crippen LogP contribution in [0.1, 0.15) is 36.5 Å². The molecule has 16 heavy (non-hydrogen) atoms. The van der Waals surface area contributed by atoms with Crippen molar-refractivity contribution < 1.29 is 4.74 Å². The van der Waals surface area contributed by atoms with Crippen LogP contribution in [0.5, 0.6) is 5.75 Å². The van der Waals surface area contributed by atoms with Gasteiger partial charge >= 0.3 is 0 Å². The van der Waals surface area contributed by atoms with Crippen LogP contribution in [0.4, 0.5) is 0 Å². The highest BCUT2D eigenvalue weighted by Crippen LogP contribution is 2.23. The number of hydrogen-bond donors (Lipinski definition) is 0. The number of ether oxygens (including phenoxy) is 1. The van der Waals surface area contributed by atoms with E-state index in [-0.39, 0.29) is 0 Å². The molecule has 0 fully saturated rings. The van der Waals surface area contributed by atoms with Gasteiger partial charge in [-0.3, -0.25) is 0 Å².